The van der Waals surface area contributed by atoms with Gasteiger partial charge in [-0.3, -0.25) is 9.52 Å². The third-order valence-corrected chi connectivity index (χ3v) is 5.16. The quantitative estimate of drug-likeness (QED) is 0.330. The molecule has 3 aromatic rings. The number of nitrogens with zero attached hydrogens (tertiary/aromatic N) is 1. The van der Waals surface area contributed by atoms with Crippen molar-refractivity contribution in [2.75, 3.05) is 24.3 Å². The molecular weight excluding hydrogens is 490 g/mol. The number of thiol groups is 1. The highest BCUT2D eigenvalue weighted by Crippen LogP contribution is 2.22. The van der Waals surface area contributed by atoms with Gasteiger partial charge in [0.15, 0.2) is 0 Å². The smallest absolute Gasteiger partial charge is 0.337 e. The maximum absolute atomic E-state index is 12.1. The van der Waals surface area contributed by atoms with E-state index in [0.29, 0.717) is 10.0 Å². The Hall–Kier alpha value is -2.81. The number of carbonyl (C=O) groups is 2. The van der Waals surface area contributed by atoms with Crippen molar-refractivity contribution in [3.63, 3.8) is 0 Å². The van der Waals surface area contributed by atoms with Gasteiger partial charge in [0.1, 0.15) is 0 Å². The summed E-state index contributed by atoms with van der Waals surface area (Å²) < 4.78 is 3.46. The highest BCUT2D eigenvalue weighted by molar-refractivity contribution is 9.10. The molecule has 0 aromatic heterocycles. The van der Waals surface area contributed by atoms with Gasteiger partial charge >= 0.3 is 5.97 Å². The molecule has 8 heteroatoms. The van der Waals surface area contributed by atoms with Crippen LogP contribution in [0, 0.1) is 6.92 Å². The van der Waals surface area contributed by atoms with E-state index >= 15 is 0 Å². The first-order chi connectivity index (χ1) is 15.2. The molecule has 0 bridgehead atoms. The normalized spacial score (nSPS) is 10.0. The molecule has 168 valence electrons. The molecule has 0 atom stereocenters. The first-order valence-corrected chi connectivity index (χ1v) is 11.0. The van der Waals surface area contributed by atoms with Crippen LogP contribution in [-0.4, -0.2) is 31.1 Å². The lowest BCUT2D eigenvalue weighted by Gasteiger charge is -2.12. The number of carboxylic acid groups (broad SMARTS) is 1. The zero-order valence-corrected chi connectivity index (χ0v) is 20.6. The summed E-state index contributed by atoms with van der Waals surface area (Å²) in [5.41, 5.74) is 4.31. The Morgan fingerprint density at radius 2 is 1.62 bits per heavy atom. The van der Waals surface area contributed by atoms with Gasteiger partial charge in [0.2, 0.25) is 0 Å². The number of carboxylic acids is 1. The molecule has 3 aromatic carbocycles. The van der Waals surface area contributed by atoms with Crippen LogP contribution in [0.25, 0.3) is 0 Å². The molecule has 0 fully saturated rings. The van der Waals surface area contributed by atoms with E-state index in [2.05, 4.69) is 67.9 Å². The molecular formula is C24H26BrN3O3S. The highest BCUT2D eigenvalue weighted by atomic mass is 79.9. The molecule has 0 saturated heterocycles. The number of nitrogens with one attached hydrogen (secondary N) is 2. The Bertz CT molecular complexity index is 1060. The first-order valence-electron chi connectivity index (χ1n) is 9.75. The summed E-state index contributed by atoms with van der Waals surface area (Å²) in [7, 11) is 4.07. The number of hydrogen-bond donors (Lipinski definition) is 4. The van der Waals surface area contributed by atoms with Crippen molar-refractivity contribution in [3.8, 4) is 0 Å². The molecule has 0 heterocycles. The van der Waals surface area contributed by atoms with E-state index < -0.39 is 5.97 Å². The van der Waals surface area contributed by atoms with Gasteiger partial charge in [-0.25, -0.2) is 4.79 Å². The lowest BCUT2D eigenvalue weighted by atomic mass is 10.1. The van der Waals surface area contributed by atoms with Crippen molar-refractivity contribution in [2.24, 2.45) is 0 Å². The van der Waals surface area contributed by atoms with Crippen molar-refractivity contribution in [3.05, 3.63) is 93.5 Å². The molecule has 0 aliphatic carbocycles. The van der Waals surface area contributed by atoms with Crippen LogP contribution in [0.15, 0.2) is 71.2 Å². The topological polar surface area (TPSA) is 81.7 Å². The number of rotatable bonds is 6. The van der Waals surface area contributed by atoms with Crippen LogP contribution in [0.3, 0.4) is 0 Å². The van der Waals surface area contributed by atoms with Crippen LogP contribution < -0.4 is 14.9 Å². The number of amides is 1. The fourth-order valence-corrected chi connectivity index (χ4v) is 3.25. The fourth-order valence-electron chi connectivity index (χ4n) is 2.71. The monoisotopic (exact) mass is 515 g/mol. The van der Waals surface area contributed by atoms with Gasteiger partial charge in [-0.15, -0.1) is 0 Å². The standard InChI is InChI=1S/C15H12BrNO3.C9H14N2S/c1-9-2-4-10(5-3-9)14(18)17-13-7-6-11(16)8-12(13)15(19)20;1-11(2)9-5-3-8(4-6-9)7-10-12/h2-8H,1H3,(H,17,18)(H,19,20);3-6,10,12H,7H2,1-2H3. The molecule has 6 nitrogen and oxygen atoms in total. The van der Waals surface area contributed by atoms with Crippen molar-refractivity contribution < 1.29 is 14.7 Å². The molecule has 3 N–H and O–H groups in total. The van der Waals surface area contributed by atoms with E-state index in [9.17, 15) is 9.59 Å². The molecule has 0 aliphatic heterocycles. The predicted octanol–water partition coefficient (Wildman–Crippen LogP) is 5.40. The van der Waals surface area contributed by atoms with Gasteiger partial charge in [-0.05, 0) is 55.0 Å². The lowest BCUT2D eigenvalue weighted by Crippen LogP contribution is -2.14. The van der Waals surface area contributed by atoms with Crippen molar-refractivity contribution in [1.82, 2.24) is 4.72 Å². The van der Waals surface area contributed by atoms with Gasteiger partial charge in [0.05, 0.1) is 11.3 Å². The zero-order chi connectivity index (χ0) is 23.7. The van der Waals surface area contributed by atoms with Crippen LogP contribution >= 0.6 is 28.7 Å². The van der Waals surface area contributed by atoms with Crippen LogP contribution in [0.4, 0.5) is 11.4 Å². The van der Waals surface area contributed by atoms with Crippen LogP contribution in [0.1, 0.15) is 31.8 Å². The summed E-state index contributed by atoms with van der Waals surface area (Å²) in [5.74, 6) is -1.43. The molecule has 0 unspecified atom stereocenters. The van der Waals surface area contributed by atoms with E-state index in [0.717, 1.165) is 12.1 Å². The average Bonchev–Trinajstić information content (AvgIpc) is 2.76. The second kappa shape index (κ2) is 12.3. The van der Waals surface area contributed by atoms with E-state index in [1.807, 2.05) is 33.2 Å². The largest absolute Gasteiger partial charge is 0.478 e. The maximum atomic E-state index is 12.1. The minimum atomic E-state index is -1.09. The number of aryl methyl sites for hydroxylation is 1. The van der Waals surface area contributed by atoms with Crippen molar-refractivity contribution >= 4 is 52.0 Å². The van der Waals surface area contributed by atoms with E-state index in [-0.39, 0.29) is 17.2 Å². The molecule has 0 saturated carbocycles. The summed E-state index contributed by atoms with van der Waals surface area (Å²) in [5, 5.41) is 11.8. The SMILES string of the molecule is CN(C)c1ccc(CNS)cc1.Cc1ccc(C(=O)Nc2ccc(Br)cc2C(=O)O)cc1. The summed E-state index contributed by atoms with van der Waals surface area (Å²) in [6, 6.07) is 20.1. The number of hydrogen-bond acceptors (Lipinski definition) is 5. The van der Waals surface area contributed by atoms with Crippen LogP contribution in [-0.2, 0) is 6.54 Å². The number of carbonyl (C=O) groups excluding carboxylic acids is 1. The van der Waals surface area contributed by atoms with E-state index in [1.54, 1.807) is 24.3 Å². The molecule has 0 aliphatic rings. The van der Waals surface area contributed by atoms with Crippen molar-refractivity contribution in [1.29, 1.82) is 0 Å². The summed E-state index contributed by atoms with van der Waals surface area (Å²) in [6.07, 6.45) is 0. The average molecular weight is 516 g/mol. The summed E-state index contributed by atoms with van der Waals surface area (Å²) in [4.78, 5) is 25.3. The number of halogens is 1. The number of aromatic carboxylic acids is 1. The number of benzene rings is 3. The Morgan fingerprint density at radius 3 is 2.16 bits per heavy atom. The Labute approximate surface area is 202 Å². The third kappa shape index (κ3) is 7.71. The van der Waals surface area contributed by atoms with Crippen LogP contribution in [0.5, 0.6) is 0 Å². The predicted molar refractivity (Wildman–Crippen MR) is 137 cm³/mol. The molecule has 3 rings (SSSR count). The van der Waals surface area contributed by atoms with Gasteiger partial charge in [-0.1, -0.05) is 58.6 Å². The van der Waals surface area contributed by atoms with E-state index in [1.165, 1.54) is 17.3 Å². The third-order valence-electron chi connectivity index (χ3n) is 4.51. The second-order valence-electron chi connectivity index (χ2n) is 7.21. The Kier molecular flexibility index (Phi) is 9.77. The van der Waals surface area contributed by atoms with Gasteiger partial charge in [0.25, 0.3) is 5.91 Å². The second-order valence-corrected chi connectivity index (χ2v) is 8.44. The summed E-state index contributed by atoms with van der Waals surface area (Å²) >= 11 is 7.15. The maximum Gasteiger partial charge on any atom is 0.337 e. The fraction of sp³-hybridized carbons (Fsp3) is 0.167. The Balaban J connectivity index is 0.000000258. The number of anilines is 2. The van der Waals surface area contributed by atoms with Crippen molar-refractivity contribution in [2.45, 2.75) is 13.5 Å². The van der Waals surface area contributed by atoms with E-state index in [4.69, 9.17) is 5.11 Å². The molecule has 0 spiro atoms. The van der Waals surface area contributed by atoms with Gasteiger partial charge in [0, 0.05) is 36.4 Å². The van der Waals surface area contributed by atoms with Gasteiger partial charge < -0.3 is 15.3 Å². The Morgan fingerprint density at radius 1 is 1.00 bits per heavy atom. The minimum absolute atomic E-state index is 0.0415. The summed E-state index contributed by atoms with van der Waals surface area (Å²) in [6.45, 7) is 2.73. The highest BCUT2D eigenvalue weighted by Gasteiger charge is 2.14. The van der Waals surface area contributed by atoms with Gasteiger partial charge in [-0.2, -0.15) is 0 Å². The zero-order valence-electron chi connectivity index (χ0n) is 18.1. The minimum Gasteiger partial charge on any atom is -0.478 e. The van der Waals surface area contributed by atoms with Crippen LogP contribution in [0.2, 0.25) is 0 Å². The molecule has 0 radical (unpaired) electrons. The molecule has 1 amide bonds. The first kappa shape index (κ1) is 25.5. The molecule has 32 heavy (non-hydrogen) atoms. The lowest BCUT2D eigenvalue weighted by molar-refractivity contribution is 0.0698.